The maximum Gasteiger partial charge on any atom is 0.135 e. The normalized spacial score (nSPS) is 11.1. The molecule has 0 fully saturated rings. The molecule has 0 aliphatic carbocycles. The number of rotatable bonds is 2. The van der Waals surface area contributed by atoms with Crippen LogP contribution >= 0.6 is 22.6 Å². The van der Waals surface area contributed by atoms with Crippen LogP contribution in [0.2, 0.25) is 0 Å². The van der Waals surface area contributed by atoms with E-state index in [2.05, 4.69) is 50.9 Å². The van der Waals surface area contributed by atoms with Crippen LogP contribution in [0.4, 0.5) is 5.82 Å². The van der Waals surface area contributed by atoms with Crippen molar-refractivity contribution in [1.29, 1.82) is 0 Å². The second-order valence-corrected chi connectivity index (χ2v) is 5.68. The summed E-state index contributed by atoms with van der Waals surface area (Å²) in [5, 5.41) is 5.42. The molecule has 19 heavy (non-hydrogen) atoms. The topological polar surface area (TPSA) is 56.7 Å². The van der Waals surface area contributed by atoms with Crippen LogP contribution in [-0.4, -0.2) is 14.8 Å². The number of nitrogen functional groups attached to an aromatic ring is 1. The highest BCUT2D eigenvalue weighted by molar-refractivity contribution is 14.1. The number of anilines is 1. The molecule has 0 amide bonds. The minimum atomic E-state index is 0.679. The summed E-state index contributed by atoms with van der Waals surface area (Å²) in [6.45, 7) is 2.68. The third kappa shape index (κ3) is 2.42. The summed E-state index contributed by atoms with van der Waals surface area (Å²) in [6.07, 6.45) is 1.78. The molecule has 2 aromatic heterocycles. The highest BCUT2D eigenvalue weighted by Gasteiger charge is 2.05. The number of hydrogen-bond donors (Lipinski definition) is 1. The number of halogens is 1. The van der Waals surface area contributed by atoms with Crippen molar-refractivity contribution in [1.82, 2.24) is 14.8 Å². The van der Waals surface area contributed by atoms with Gasteiger partial charge in [-0.15, -0.1) is 0 Å². The summed E-state index contributed by atoms with van der Waals surface area (Å²) >= 11 is 2.19. The lowest BCUT2D eigenvalue weighted by atomic mass is 10.1. The largest absolute Gasteiger partial charge is 0.383 e. The Kier molecular flexibility index (Phi) is 3.14. The minimum absolute atomic E-state index is 0.679. The van der Waals surface area contributed by atoms with Crippen LogP contribution in [-0.2, 0) is 6.54 Å². The summed E-state index contributed by atoms with van der Waals surface area (Å²) in [7, 11) is 0. The first-order valence-electron chi connectivity index (χ1n) is 5.96. The zero-order valence-electron chi connectivity index (χ0n) is 10.5. The third-order valence-corrected chi connectivity index (χ3v) is 3.89. The fourth-order valence-electron chi connectivity index (χ4n) is 2.05. The number of aromatic nitrogens is 3. The number of fused-ring (bicyclic) bond motifs is 1. The predicted molar refractivity (Wildman–Crippen MR) is 84.9 cm³/mol. The van der Waals surface area contributed by atoms with Gasteiger partial charge < -0.3 is 5.73 Å². The number of nitrogens with zero attached hydrogens (tertiary/aromatic N) is 3. The van der Waals surface area contributed by atoms with E-state index in [0.29, 0.717) is 12.4 Å². The molecule has 0 saturated heterocycles. The molecular weight excluding hydrogens is 351 g/mol. The highest BCUT2D eigenvalue weighted by Crippen LogP contribution is 2.18. The SMILES string of the molecule is Cc1ccc2cc(Cn3ncc(I)c3N)ccc2n1. The van der Waals surface area contributed by atoms with Gasteiger partial charge >= 0.3 is 0 Å². The molecule has 0 saturated carbocycles. The molecule has 1 aromatic carbocycles. The van der Waals surface area contributed by atoms with Crippen molar-refractivity contribution in [3.05, 3.63) is 51.4 Å². The van der Waals surface area contributed by atoms with Crippen LogP contribution in [0.25, 0.3) is 10.9 Å². The quantitative estimate of drug-likeness (QED) is 0.712. The molecule has 0 radical (unpaired) electrons. The average molecular weight is 364 g/mol. The lowest BCUT2D eigenvalue weighted by Crippen LogP contribution is -2.06. The zero-order valence-corrected chi connectivity index (χ0v) is 12.6. The molecule has 4 nitrogen and oxygen atoms in total. The van der Waals surface area contributed by atoms with Gasteiger partial charge in [0.2, 0.25) is 0 Å². The lowest BCUT2D eigenvalue weighted by Gasteiger charge is -2.06. The van der Waals surface area contributed by atoms with E-state index in [1.807, 2.05) is 23.7 Å². The highest BCUT2D eigenvalue weighted by atomic mass is 127. The second kappa shape index (κ2) is 4.80. The van der Waals surface area contributed by atoms with Crippen LogP contribution in [0, 0.1) is 10.5 Å². The molecule has 3 aromatic rings. The van der Waals surface area contributed by atoms with Crippen LogP contribution < -0.4 is 5.73 Å². The predicted octanol–water partition coefficient (Wildman–Crippen LogP) is 2.97. The summed E-state index contributed by atoms with van der Waals surface area (Å²) in [6, 6.07) is 10.4. The van der Waals surface area contributed by atoms with Gasteiger partial charge in [-0.3, -0.25) is 4.98 Å². The van der Waals surface area contributed by atoms with Gasteiger partial charge in [-0.05, 0) is 53.3 Å². The maximum absolute atomic E-state index is 5.96. The van der Waals surface area contributed by atoms with E-state index in [1.54, 1.807) is 6.20 Å². The van der Waals surface area contributed by atoms with Gasteiger partial charge in [0.15, 0.2) is 0 Å². The Morgan fingerprint density at radius 1 is 1.26 bits per heavy atom. The smallest absolute Gasteiger partial charge is 0.135 e. The first-order valence-corrected chi connectivity index (χ1v) is 7.04. The van der Waals surface area contributed by atoms with Gasteiger partial charge in [0.05, 0.1) is 21.8 Å². The van der Waals surface area contributed by atoms with Gasteiger partial charge in [0, 0.05) is 11.1 Å². The molecular formula is C14H13IN4. The number of nitrogens with two attached hydrogens (primary N) is 1. The first kappa shape index (κ1) is 12.4. The molecule has 96 valence electrons. The van der Waals surface area contributed by atoms with E-state index in [0.717, 1.165) is 20.2 Å². The number of benzene rings is 1. The lowest BCUT2D eigenvalue weighted by molar-refractivity contribution is 0.697. The van der Waals surface area contributed by atoms with E-state index in [-0.39, 0.29) is 0 Å². The van der Waals surface area contributed by atoms with Gasteiger partial charge in [0.1, 0.15) is 5.82 Å². The van der Waals surface area contributed by atoms with E-state index in [9.17, 15) is 0 Å². The summed E-state index contributed by atoms with van der Waals surface area (Å²) < 4.78 is 2.79. The Hall–Kier alpha value is -1.63. The fraction of sp³-hybridized carbons (Fsp3) is 0.143. The summed E-state index contributed by atoms with van der Waals surface area (Å²) in [5.41, 5.74) is 9.19. The fourth-order valence-corrected chi connectivity index (χ4v) is 2.45. The van der Waals surface area contributed by atoms with Crippen molar-refractivity contribution in [2.45, 2.75) is 13.5 Å². The number of aryl methyl sites for hydroxylation is 1. The van der Waals surface area contributed by atoms with Crippen molar-refractivity contribution in [2.75, 3.05) is 5.73 Å². The molecule has 5 heteroatoms. The number of hydrogen-bond acceptors (Lipinski definition) is 3. The van der Waals surface area contributed by atoms with Gasteiger partial charge in [-0.25, -0.2) is 4.68 Å². The van der Waals surface area contributed by atoms with Gasteiger partial charge in [-0.2, -0.15) is 5.10 Å². The van der Waals surface area contributed by atoms with Crippen LogP contribution in [0.1, 0.15) is 11.3 Å². The standard InChI is InChI=1S/C14H13IN4/c1-9-2-4-11-6-10(3-5-13(11)18-9)8-19-14(16)12(15)7-17-19/h2-7H,8,16H2,1H3. The molecule has 3 rings (SSSR count). The molecule has 2 N–H and O–H groups in total. The van der Waals surface area contributed by atoms with E-state index in [4.69, 9.17) is 5.73 Å². The molecule has 2 heterocycles. The molecule has 0 unspecified atom stereocenters. The molecule has 0 spiro atoms. The summed E-state index contributed by atoms with van der Waals surface area (Å²) in [4.78, 5) is 4.50. The Morgan fingerprint density at radius 3 is 2.84 bits per heavy atom. The van der Waals surface area contributed by atoms with E-state index >= 15 is 0 Å². The molecule has 0 aliphatic rings. The van der Waals surface area contributed by atoms with Crippen molar-refractivity contribution >= 4 is 39.3 Å². The van der Waals surface area contributed by atoms with Crippen molar-refractivity contribution in [3.8, 4) is 0 Å². The Labute approximate surface area is 124 Å². The minimum Gasteiger partial charge on any atom is -0.383 e. The average Bonchev–Trinajstić information content (AvgIpc) is 2.71. The van der Waals surface area contributed by atoms with Crippen LogP contribution in [0.5, 0.6) is 0 Å². The van der Waals surface area contributed by atoms with E-state index in [1.165, 1.54) is 5.56 Å². The molecule has 0 atom stereocenters. The van der Waals surface area contributed by atoms with Gasteiger partial charge in [-0.1, -0.05) is 12.1 Å². The van der Waals surface area contributed by atoms with Crippen molar-refractivity contribution in [3.63, 3.8) is 0 Å². The second-order valence-electron chi connectivity index (χ2n) is 4.52. The van der Waals surface area contributed by atoms with Crippen molar-refractivity contribution < 1.29 is 0 Å². The molecule has 0 bridgehead atoms. The maximum atomic E-state index is 5.96. The Bertz CT molecular complexity index is 748. The number of pyridine rings is 1. The summed E-state index contributed by atoms with van der Waals surface area (Å²) in [5.74, 6) is 0.711. The molecule has 0 aliphatic heterocycles. The zero-order chi connectivity index (χ0) is 13.4. The third-order valence-electron chi connectivity index (χ3n) is 3.06. The van der Waals surface area contributed by atoms with E-state index < -0.39 is 0 Å². The monoisotopic (exact) mass is 364 g/mol. The van der Waals surface area contributed by atoms with Crippen LogP contribution in [0.15, 0.2) is 36.5 Å². The first-order chi connectivity index (χ1) is 9.13. The van der Waals surface area contributed by atoms with Crippen LogP contribution in [0.3, 0.4) is 0 Å². The van der Waals surface area contributed by atoms with Crippen molar-refractivity contribution in [2.24, 2.45) is 0 Å². The Morgan fingerprint density at radius 2 is 2.11 bits per heavy atom. The Balaban J connectivity index is 1.97. The van der Waals surface area contributed by atoms with Gasteiger partial charge in [0.25, 0.3) is 0 Å².